The number of carbonyl (C=O) groups is 5. The average molecular weight is 755 g/mol. The number of tetrazole rings is 1. The van der Waals surface area contributed by atoms with Gasteiger partial charge in [-0.2, -0.15) is 4.68 Å². The lowest BCUT2D eigenvalue weighted by Crippen LogP contribution is -2.60. The Balaban J connectivity index is 1.12. The second-order valence-electron chi connectivity index (χ2n) is 12.9. The predicted octanol–water partition coefficient (Wildman–Crippen LogP) is 3.56. The van der Waals surface area contributed by atoms with Crippen molar-refractivity contribution in [1.29, 1.82) is 0 Å². The van der Waals surface area contributed by atoms with E-state index in [0.717, 1.165) is 12.8 Å². The van der Waals surface area contributed by atoms with E-state index in [1.54, 1.807) is 72.7 Å². The maximum Gasteiger partial charge on any atom is 0.352 e. The summed E-state index contributed by atoms with van der Waals surface area (Å²) in [6.07, 6.45) is 3.03. The number of nitrogens with zero attached hydrogens (tertiary/aromatic N) is 7. The molecule has 3 aromatic carbocycles. The fourth-order valence-electron chi connectivity index (χ4n) is 6.69. The van der Waals surface area contributed by atoms with E-state index in [1.807, 2.05) is 0 Å². The Kier molecular flexibility index (Phi) is 10.2. The minimum atomic E-state index is -1.14. The molecule has 2 aromatic heterocycles. The largest absolute Gasteiger partial charge is 0.477 e. The van der Waals surface area contributed by atoms with Gasteiger partial charge in [-0.05, 0) is 83.4 Å². The van der Waals surface area contributed by atoms with Crippen molar-refractivity contribution in [3.8, 4) is 5.69 Å². The summed E-state index contributed by atoms with van der Waals surface area (Å²) in [7, 11) is 1.67. The molecule has 0 saturated carbocycles. The molecular formula is C36H35ClN10O7. The zero-order chi connectivity index (χ0) is 37.9. The first-order valence-corrected chi connectivity index (χ1v) is 17.5. The highest BCUT2D eigenvalue weighted by Gasteiger charge is 2.40. The van der Waals surface area contributed by atoms with E-state index in [0.29, 0.717) is 57.3 Å². The van der Waals surface area contributed by atoms with Crippen molar-refractivity contribution < 1.29 is 33.8 Å². The SMILES string of the molecule is COC1CCN(C(=O)Nc2ccc(C[C@@H](C(=O)Nc3ccc4[nH]c(C(=O)O)cc4c3)N3CCN(c4cc(Cl)ccc4-n4cnnn4)C(=O)C3=O)cc2)CC1. The van der Waals surface area contributed by atoms with E-state index < -0.39 is 29.7 Å². The van der Waals surface area contributed by atoms with E-state index >= 15 is 0 Å². The number of fused-ring (bicyclic) bond motifs is 1. The van der Waals surface area contributed by atoms with Gasteiger partial charge in [-0.15, -0.1) is 5.10 Å². The number of carbonyl (C=O) groups excluding carboxylic acids is 4. The van der Waals surface area contributed by atoms with Gasteiger partial charge in [0.05, 0.1) is 17.5 Å². The van der Waals surface area contributed by atoms with Crippen LogP contribution in [0.1, 0.15) is 28.9 Å². The standard InChI is InChI=1S/C36H35ClN10O7/c1-54-26-10-12-44(13-11-26)36(53)40-24-5-2-21(3-6-24)16-31(32(48)39-25-7-8-27-22(17-25)18-28(41-27)35(51)52)46-15-14-45(33(49)34(46)50)30-19-23(37)4-9-29(30)47-20-38-42-43-47/h2-9,17-20,26,31,41H,10-16H2,1H3,(H,39,48)(H,40,53)(H,51,52)/t31-/m0/s1. The third-order valence-electron chi connectivity index (χ3n) is 9.57. The Morgan fingerprint density at radius 2 is 1.69 bits per heavy atom. The lowest BCUT2D eigenvalue weighted by atomic mass is 10.0. The molecule has 0 bridgehead atoms. The molecule has 0 aliphatic carbocycles. The molecule has 2 aliphatic rings. The third kappa shape index (κ3) is 7.58. The number of aromatic amines is 1. The number of H-pyrrole nitrogens is 1. The van der Waals surface area contributed by atoms with Gasteiger partial charge in [0.25, 0.3) is 0 Å². The molecule has 7 rings (SSSR count). The average Bonchev–Trinajstić information content (AvgIpc) is 3.87. The minimum absolute atomic E-state index is 0.00303. The number of carboxylic acids is 1. The molecule has 54 heavy (non-hydrogen) atoms. The second-order valence-corrected chi connectivity index (χ2v) is 13.3. The summed E-state index contributed by atoms with van der Waals surface area (Å²) in [6.45, 7) is 1.18. The fourth-order valence-corrected chi connectivity index (χ4v) is 6.86. The van der Waals surface area contributed by atoms with Crippen LogP contribution in [0.15, 0.2) is 73.1 Å². The molecular weight excluding hydrogens is 720 g/mol. The molecule has 2 saturated heterocycles. The number of urea groups is 1. The first-order chi connectivity index (χ1) is 26.1. The van der Waals surface area contributed by atoms with Gasteiger partial charge in [-0.1, -0.05) is 23.7 Å². The van der Waals surface area contributed by atoms with Crippen molar-refractivity contribution in [2.75, 3.05) is 48.8 Å². The summed E-state index contributed by atoms with van der Waals surface area (Å²) in [4.78, 5) is 73.3. The summed E-state index contributed by atoms with van der Waals surface area (Å²) >= 11 is 6.30. The van der Waals surface area contributed by atoms with Crippen LogP contribution in [0.4, 0.5) is 21.9 Å². The molecule has 5 aromatic rings. The number of aromatic carboxylic acids is 1. The van der Waals surface area contributed by atoms with Crippen LogP contribution in [0.2, 0.25) is 5.02 Å². The Morgan fingerprint density at radius 1 is 0.926 bits per heavy atom. The van der Waals surface area contributed by atoms with E-state index in [9.17, 15) is 29.1 Å². The molecule has 0 radical (unpaired) electrons. The van der Waals surface area contributed by atoms with Gasteiger partial charge in [0.2, 0.25) is 5.91 Å². The normalized spacial score (nSPS) is 15.8. The fraction of sp³-hybridized carbons (Fsp3) is 0.278. The first kappa shape index (κ1) is 36.0. The van der Waals surface area contributed by atoms with E-state index in [4.69, 9.17) is 16.3 Å². The maximum atomic E-state index is 14.1. The number of piperazine rings is 1. The number of rotatable bonds is 10. The summed E-state index contributed by atoms with van der Waals surface area (Å²) < 4.78 is 6.75. The number of hydrogen-bond acceptors (Lipinski definition) is 9. The highest BCUT2D eigenvalue weighted by Crippen LogP contribution is 2.30. The molecule has 0 unspecified atom stereocenters. The number of methoxy groups -OCH3 is 1. The quantitative estimate of drug-likeness (QED) is 0.153. The van der Waals surface area contributed by atoms with E-state index in [-0.39, 0.29) is 37.3 Å². The number of halogens is 1. The number of nitrogens with one attached hydrogen (secondary N) is 3. The van der Waals surface area contributed by atoms with Crippen molar-refractivity contribution in [3.63, 3.8) is 0 Å². The zero-order valence-corrected chi connectivity index (χ0v) is 29.7. The van der Waals surface area contributed by atoms with Crippen molar-refractivity contribution in [2.45, 2.75) is 31.4 Å². The summed E-state index contributed by atoms with van der Waals surface area (Å²) in [5, 5.41) is 27.3. The van der Waals surface area contributed by atoms with Crippen LogP contribution in [0.5, 0.6) is 0 Å². The summed E-state index contributed by atoms with van der Waals surface area (Å²) in [6, 6.07) is 16.7. The van der Waals surface area contributed by atoms with Crippen LogP contribution in [0.25, 0.3) is 16.6 Å². The van der Waals surface area contributed by atoms with Crippen LogP contribution < -0.4 is 15.5 Å². The Hall–Kier alpha value is -6.33. The van der Waals surface area contributed by atoms with Gasteiger partial charge in [0.1, 0.15) is 18.1 Å². The van der Waals surface area contributed by atoms with Gasteiger partial charge in [-0.3, -0.25) is 14.4 Å². The topological polar surface area (TPSA) is 208 Å². The molecule has 2 aliphatic heterocycles. The molecule has 17 nitrogen and oxygen atoms in total. The van der Waals surface area contributed by atoms with E-state index in [2.05, 4.69) is 31.1 Å². The van der Waals surface area contributed by atoms with Crippen LogP contribution >= 0.6 is 11.6 Å². The highest BCUT2D eigenvalue weighted by molar-refractivity contribution is 6.41. The van der Waals surface area contributed by atoms with Gasteiger partial charge in [-0.25, -0.2) is 9.59 Å². The molecule has 1 atom stereocenters. The van der Waals surface area contributed by atoms with Crippen molar-refractivity contribution >= 4 is 69.3 Å². The number of hydrogen-bond donors (Lipinski definition) is 4. The lowest BCUT2D eigenvalue weighted by Gasteiger charge is -2.38. The van der Waals surface area contributed by atoms with Crippen LogP contribution in [-0.2, 0) is 25.5 Å². The predicted molar refractivity (Wildman–Crippen MR) is 197 cm³/mol. The van der Waals surface area contributed by atoms with Crippen LogP contribution in [0.3, 0.4) is 0 Å². The minimum Gasteiger partial charge on any atom is -0.477 e. The molecule has 2 fully saturated rings. The Morgan fingerprint density at radius 3 is 2.39 bits per heavy atom. The van der Waals surface area contributed by atoms with Crippen LogP contribution in [-0.4, -0.2) is 115 Å². The molecule has 0 spiro atoms. The monoisotopic (exact) mass is 754 g/mol. The molecule has 18 heteroatoms. The van der Waals surface area contributed by atoms with E-state index in [1.165, 1.54) is 26.9 Å². The molecule has 4 N–H and O–H groups in total. The number of aromatic nitrogens is 5. The maximum absolute atomic E-state index is 14.1. The number of likely N-dealkylation sites (tertiary alicyclic amines) is 1. The second kappa shape index (κ2) is 15.3. The number of benzene rings is 3. The molecule has 278 valence electrons. The smallest absolute Gasteiger partial charge is 0.352 e. The molecule has 4 heterocycles. The lowest BCUT2D eigenvalue weighted by molar-refractivity contribution is -0.149. The molecule has 5 amide bonds. The summed E-state index contributed by atoms with van der Waals surface area (Å²) in [5.74, 6) is -3.47. The third-order valence-corrected chi connectivity index (χ3v) is 9.81. The number of piperidine rings is 1. The van der Waals surface area contributed by atoms with Crippen LogP contribution in [0, 0.1) is 0 Å². The first-order valence-electron chi connectivity index (χ1n) is 17.1. The van der Waals surface area contributed by atoms with Gasteiger partial charge in [0.15, 0.2) is 0 Å². The van der Waals surface area contributed by atoms with Crippen molar-refractivity contribution in [2.24, 2.45) is 0 Å². The van der Waals surface area contributed by atoms with Gasteiger partial charge < -0.3 is 40.2 Å². The number of carboxylic acid groups (broad SMARTS) is 1. The number of amides is 5. The summed E-state index contributed by atoms with van der Waals surface area (Å²) in [5.41, 5.74) is 2.88. The Labute approximate surface area is 312 Å². The Bertz CT molecular complexity index is 2220. The van der Waals surface area contributed by atoms with Gasteiger partial charge >= 0.3 is 23.8 Å². The van der Waals surface area contributed by atoms with Crippen molar-refractivity contribution in [3.05, 3.63) is 89.3 Å². The number of ether oxygens (including phenoxy) is 1. The zero-order valence-electron chi connectivity index (χ0n) is 28.9. The van der Waals surface area contributed by atoms with Crippen molar-refractivity contribution in [1.82, 2.24) is 35.0 Å². The number of anilines is 3. The highest BCUT2D eigenvalue weighted by atomic mass is 35.5. The van der Waals surface area contributed by atoms with Gasteiger partial charge in [0, 0.05) is 67.0 Å².